The smallest absolute Gasteiger partial charge is 0.202 e. The minimum Gasteiger partial charge on any atom is -0.507 e. The molecule has 0 radical (unpaired) electrons. The number of ketones is 2. The number of benzene rings is 2. The Morgan fingerprint density at radius 1 is 1.04 bits per heavy atom. The minimum absolute atomic E-state index is 0.00968. The molecule has 1 fully saturated rings. The molecule has 6 nitrogen and oxygen atoms in total. The van der Waals surface area contributed by atoms with Crippen LogP contribution < -0.4 is 5.43 Å². The Kier molecular flexibility index (Phi) is 3.12. The standard InChI is InChI=1S/C22H16O6/c1-9-7-12-18(20(26)17-11(19(12)25)5-4-6-13(17)23)21-16(9)14(24)8-15(27-21)22(3)10(2)28-22/h4-8,10,23H,1-3H3/t10-,22-/m0/s1. The molecule has 5 rings (SSSR count). The van der Waals surface area contributed by atoms with Crippen LogP contribution in [0.2, 0.25) is 0 Å². The number of epoxide rings is 1. The molecule has 2 aromatic carbocycles. The van der Waals surface area contributed by atoms with Gasteiger partial charge in [0.1, 0.15) is 22.7 Å². The summed E-state index contributed by atoms with van der Waals surface area (Å²) in [7, 11) is 0. The fraction of sp³-hybridized carbons (Fsp3) is 0.227. The van der Waals surface area contributed by atoms with E-state index in [1.54, 1.807) is 19.9 Å². The van der Waals surface area contributed by atoms with Crippen molar-refractivity contribution in [3.05, 3.63) is 74.1 Å². The molecular weight excluding hydrogens is 360 g/mol. The van der Waals surface area contributed by atoms with Gasteiger partial charge in [0.25, 0.3) is 0 Å². The quantitative estimate of drug-likeness (QED) is 0.512. The molecule has 0 amide bonds. The van der Waals surface area contributed by atoms with Crippen LogP contribution in [-0.4, -0.2) is 22.8 Å². The highest BCUT2D eigenvalue weighted by Gasteiger charge is 2.53. The van der Waals surface area contributed by atoms with Crippen molar-refractivity contribution in [2.45, 2.75) is 32.5 Å². The molecule has 0 bridgehead atoms. The topological polar surface area (TPSA) is 97.1 Å². The number of carbonyl (C=O) groups excluding carboxylic acids is 2. The number of aryl methyl sites for hydroxylation is 1. The summed E-state index contributed by atoms with van der Waals surface area (Å²) in [5.41, 5.74) is -0.183. The van der Waals surface area contributed by atoms with Crippen LogP contribution in [0.15, 0.2) is 39.5 Å². The van der Waals surface area contributed by atoms with Crippen LogP contribution in [-0.2, 0) is 10.3 Å². The zero-order chi connectivity index (χ0) is 20.0. The van der Waals surface area contributed by atoms with Gasteiger partial charge in [-0.15, -0.1) is 0 Å². The second kappa shape index (κ2) is 5.17. The Hall–Kier alpha value is -3.25. The van der Waals surface area contributed by atoms with Gasteiger partial charge in [-0.1, -0.05) is 12.1 Å². The highest BCUT2D eigenvalue weighted by atomic mass is 16.6. The first-order valence-electron chi connectivity index (χ1n) is 8.95. The van der Waals surface area contributed by atoms with Gasteiger partial charge in [0, 0.05) is 17.2 Å². The Bertz CT molecular complexity index is 1300. The van der Waals surface area contributed by atoms with E-state index < -0.39 is 11.4 Å². The van der Waals surface area contributed by atoms with E-state index in [0.29, 0.717) is 11.3 Å². The molecule has 3 aromatic rings. The van der Waals surface area contributed by atoms with Gasteiger partial charge in [0.15, 0.2) is 11.2 Å². The number of fused-ring (bicyclic) bond motifs is 4. The van der Waals surface area contributed by atoms with Crippen LogP contribution in [0, 0.1) is 6.92 Å². The van der Waals surface area contributed by atoms with E-state index in [-0.39, 0.29) is 56.3 Å². The SMILES string of the molecule is Cc1cc2c(c3oc([C@@]4(C)O[C@H]4C)cc(=O)c13)C(=O)c1c(O)cccc1C2=O. The molecule has 6 heteroatoms. The zero-order valence-corrected chi connectivity index (χ0v) is 15.5. The minimum atomic E-state index is -0.744. The Morgan fingerprint density at radius 2 is 1.75 bits per heavy atom. The summed E-state index contributed by atoms with van der Waals surface area (Å²) >= 11 is 0. The van der Waals surface area contributed by atoms with Gasteiger partial charge in [-0.2, -0.15) is 0 Å². The number of ether oxygens (including phenoxy) is 1. The molecular formula is C22H16O6. The molecule has 140 valence electrons. The Balaban J connectivity index is 1.90. The summed E-state index contributed by atoms with van der Waals surface area (Å²) in [6.45, 7) is 5.36. The Morgan fingerprint density at radius 3 is 2.43 bits per heavy atom. The third kappa shape index (κ3) is 1.98. The molecule has 0 unspecified atom stereocenters. The fourth-order valence-electron chi connectivity index (χ4n) is 4.00. The third-order valence-corrected chi connectivity index (χ3v) is 5.81. The molecule has 28 heavy (non-hydrogen) atoms. The first-order chi connectivity index (χ1) is 13.2. The Labute approximate surface area is 159 Å². The van der Waals surface area contributed by atoms with Crippen LogP contribution >= 0.6 is 0 Å². The number of aromatic hydroxyl groups is 1. The van der Waals surface area contributed by atoms with E-state index >= 15 is 0 Å². The van der Waals surface area contributed by atoms with Gasteiger partial charge < -0.3 is 14.3 Å². The van der Waals surface area contributed by atoms with Crippen molar-refractivity contribution in [1.82, 2.24) is 0 Å². The van der Waals surface area contributed by atoms with E-state index in [1.807, 2.05) is 6.92 Å². The molecule has 2 heterocycles. The van der Waals surface area contributed by atoms with Crippen molar-refractivity contribution >= 4 is 22.5 Å². The average molecular weight is 376 g/mol. The highest BCUT2D eigenvalue weighted by molar-refractivity contribution is 6.32. The highest BCUT2D eigenvalue weighted by Crippen LogP contribution is 2.46. The lowest BCUT2D eigenvalue weighted by atomic mass is 9.81. The van der Waals surface area contributed by atoms with Crippen LogP contribution in [0.5, 0.6) is 5.75 Å². The number of hydrogen-bond acceptors (Lipinski definition) is 6. The zero-order valence-electron chi connectivity index (χ0n) is 15.5. The number of carbonyl (C=O) groups is 2. The summed E-state index contributed by atoms with van der Waals surface area (Å²) in [4.78, 5) is 39.1. The predicted molar refractivity (Wildman–Crippen MR) is 100 cm³/mol. The molecule has 2 aliphatic rings. The van der Waals surface area contributed by atoms with Gasteiger partial charge in [0.2, 0.25) is 5.78 Å². The van der Waals surface area contributed by atoms with E-state index in [1.165, 1.54) is 24.3 Å². The van der Waals surface area contributed by atoms with E-state index in [2.05, 4.69) is 0 Å². The second-order valence-corrected chi connectivity index (χ2v) is 7.52. The third-order valence-electron chi connectivity index (χ3n) is 5.81. The molecule has 1 aromatic heterocycles. The fourth-order valence-corrected chi connectivity index (χ4v) is 4.00. The number of phenolic OH excluding ortho intramolecular Hbond substituents is 1. The van der Waals surface area contributed by atoms with Crippen molar-refractivity contribution in [2.24, 2.45) is 0 Å². The molecule has 2 atom stereocenters. The van der Waals surface area contributed by atoms with Crippen LogP contribution in [0.1, 0.15) is 57.0 Å². The average Bonchev–Trinajstić information content (AvgIpc) is 3.26. The summed E-state index contributed by atoms with van der Waals surface area (Å²) in [6.07, 6.45) is -0.129. The second-order valence-electron chi connectivity index (χ2n) is 7.52. The van der Waals surface area contributed by atoms with Gasteiger partial charge in [-0.3, -0.25) is 14.4 Å². The lowest BCUT2D eigenvalue weighted by molar-refractivity contribution is 0.0977. The first kappa shape index (κ1) is 16.9. The van der Waals surface area contributed by atoms with Crippen molar-refractivity contribution in [2.75, 3.05) is 0 Å². The van der Waals surface area contributed by atoms with E-state index in [9.17, 15) is 19.5 Å². The van der Waals surface area contributed by atoms with Crippen LogP contribution in [0.3, 0.4) is 0 Å². The molecule has 0 saturated carbocycles. The van der Waals surface area contributed by atoms with Crippen molar-refractivity contribution in [1.29, 1.82) is 0 Å². The van der Waals surface area contributed by atoms with Crippen molar-refractivity contribution < 1.29 is 23.8 Å². The van der Waals surface area contributed by atoms with Crippen molar-refractivity contribution in [3.8, 4) is 5.75 Å². The lowest BCUT2D eigenvalue weighted by Gasteiger charge is -2.20. The predicted octanol–water partition coefficient (Wildman–Crippen LogP) is 3.22. The molecule has 1 aliphatic carbocycles. The summed E-state index contributed by atoms with van der Waals surface area (Å²) < 4.78 is 11.6. The summed E-state index contributed by atoms with van der Waals surface area (Å²) in [6, 6.07) is 7.30. The van der Waals surface area contributed by atoms with Crippen molar-refractivity contribution in [3.63, 3.8) is 0 Å². The van der Waals surface area contributed by atoms with Crippen LogP contribution in [0.25, 0.3) is 11.0 Å². The maximum atomic E-state index is 13.2. The molecule has 1 saturated heterocycles. The monoisotopic (exact) mass is 376 g/mol. The molecule has 1 aliphatic heterocycles. The van der Waals surface area contributed by atoms with Crippen LogP contribution in [0.4, 0.5) is 0 Å². The largest absolute Gasteiger partial charge is 0.507 e. The summed E-state index contributed by atoms with van der Waals surface area (Å²) in [5.74, 6) is -0.891. The maximum absolute atomic E-state index is 13.2. The van der Waals surface area contributed by atoms with Gasteiger partial charge in [0.05, 0.1) is 22.6 Å². The number of rotatable bonds is 1. The van der Waals surface area contributed by atoms with E-state index in [0.717, 1.165) is 0 Å². The van der Waals surface area contributed by atoms with E-state index in [4.69, 9.17) is 9.15 Å². The lowest BCUT2D eigenvalue weighted by Crippen LogP contribution is -2.23. The number of phenols is 1. The summed E-state index contributed by atoms with van der Waals surface area (Å²) in [5, 5.41) is 10.4. The first-order valence-corrected chi connectivity index (χ1v) is 8.95. The van der Waals surface area contributed by atoms with Gasteiger partial charge >= 0.3 is 0 Å². The normalized spacial score (nSPS) is 22.9. The van der Waals surface area contributed by atoms with Gasteiger partial charge in [-0.25, -0.2) is 0 Å². The molecule has 1 N–H and O–H groups in total. The van der Waals surface area contributed by atoms with Gasteiger partial charge in [-0.05, 0) is 38.5 Å². The maximum Gasteiger partial charge on any atom is 0.202 e. The molecule has 0 spiro atoms. The number of hydrogen-bond donors (Lipinski definition) is 1.